The number of nitrogens with one attached hydrogen (secondary N) is 1. The Hall–Kier alpha value is -1.16. The van der Waals surface area contributed by atoms with Crippen molar-refractivity contribution in [1.29, 1.82) is 0 Å². The van der Waals surface area contributed by atoms with Crippen LogP contribution in [-0.4, -0.2) is 29.1 Å². The van der Waals surface area contributed by atoms with Crippen molar-refractivity contribution in [3.63, 3.8) is 0 Å². The van der Waals surface area contributed by atoms with Crippen LogP contribution in [0.5, 0.6) is 0 Å². The molecule has 21 heavy (non-hydrogen) atoms. The lowest BCUT2D eigenvalue weighted by molar-refractivity contribution is 0.0981. The third kappa shape index (κ3) is 6.89. The molecule has 1 aliphatic heterocycles. The lowest BCUT2D eigenvalue weighted by Gasteiger charge is -2.49. The lowest BCUT2D eigenvalue weighted by Crippen LogP contribution is -2.61. The molecule has 0 spiro atoms. The van der Waals surface area contributed by atoms with E-state index in [0.29, 0.717) is 6.04 Å². The molecule has 0 radical (unpaired) electrons. The number of hydrogen-bond donors (Lipinski definition) is 3. The van der Waals surface area contributed by atoms with Gasteiger partial charge in [0.2, 0.25) is 0 Å². The molecular formula is C17H36N4. The van der Waals surface area contributed by atoms with Gasteiger partial charge < -0.3 is 21.7 Å². The Balaban J connectivity index is 0.00000191. The van der Waals surface area contributed by atoms with E-state index in [0.717, 1.165) is 24.4 Å². The van der Waals surface area contributed by atoms with Gasteiger partial charge in [-0.2, -0.15) is 0 Å². The first kappa shape index (κ1) is 19.8. The summed E-state index contributed by atoms with van der Waals surface area (Å²) in [5, 5.41) is 3.69. The Morgan fingerprint density at radius 2 is 1.48 bits per heavy atom. The molecule has 1 heterocycles. The molecule has 4 heteroatoms. The fourth-order valence-electron chi connectivity index (χ4n) is 3.09. The number of nitrogens with zero attached hydrogens (tertiary/aromatic N) is 1. The summed E-state index contributed by atoms with van der Waals surface area (Å²) in [4.78, 5) is 2.17. The quantitative estimate of drug-likeness (QED) is 0.701. The normalized spacial score (nSPS) is 22.3. The SMILES string of the molecule is C/C(N)=C/C=C(\N)N(C)C1CC(C)(C)NC(C)(C)C1.CC. The molecule has 5 N–H and O–H groups in total. The van der Waals surface area contributed by atoms with Gasteiger partial charge in [-0.3, -0.25) is 0 Å². The summed E-state index contributed by atoms with van der Waals surface area (Å²) < 4.78 is 0. The maximum Gasteiger partial charge on any atom is 0.0986 e. The second-order valence-corrected chi connectivity index (χ2v) is 7.07. The van der Waals surface area contributed by atoms with E-state index in [9.17, 15) is 0 Å². The molecule has 0 amide bonds. The fourth-order valence-corrected chi connectivity index (χ4v) is 3.09. The summed E-state index contributed by atoms with van der Waals surface area (Å²) in [6.07, 6.45) is 5.89. The van der Waals surface area contributed by atoms with E-state index in [-0.39, 0.29) is 11.1 Å². The molecule has 0 aromatic heterocycles. The number of nitrogens with two attached hydrogens (primary N) is 2. The highest BCUT2D eigenvalue weighted by atomic mass is 15.2. The fraction of sp³-hybridized carbons (Fsp3) is 0.765. The molecule has 0 aliphatic carbocycles. The molecular weight excluding hydrogens is 260 g/mol. The number of allylic oxidation sites excluding steroid dienone is 3. The van der Waals surface area contributed by atoms with Crippen LogP contribution < -0.4 is 16.8 Å². The van der Waals surface area contributed by atoms with Crippen molar-refractivity contribution in [2.75, 3.05) is 7.05 Å². The van der Waals surface area contributed by atoms with Crippen LogP contribution >= 0.6 is 0 Å². The summed E-state index contributed by atoms with van der Waals surface area (Å²) in [6.45, 7) is 14.9. The highest BCUT2D eigenvalue weighted by Crippen LogP contribution is 2.31. The third-order valence-electron chi connectivity index (χ3n) is 3.64. The van der Waals surface area contributed by atoms with Gasteiger partial charge in [-0.25, -0.2) is 0 Å². The van der Waals surface area contributed by atoms with Gasteiger partial charge in [-0.15, -0.1) is 0 Å². The van der Waals surface area contributed by atoms with E-state index in [1.165, 1.54) is 0 Å². The highest BCUT2D eigenvalue weighted by Gasteiger charge is 2.39. The van der Waals surface area contributed by atoms with Crippen LogP contribution in [0.15, 0.2) is 23.7 Å². The molecule has 0 aromatic rings. The summed E-state index contributed by atoms with van der Waals surface area (Å²) in [5.41, 5.74) is 12.8. The molecule has 124 valence electrons. The molecule has 0 unspecified atom stereocenters. The zero-order valence-corrected chi connectivity index (χ0v) is 15.2. The predicted molar refractivity (Wildman–Crippen MR) is 93.6 cm³/mol. The van der Waals surface area contributed by atoms with Crippen molar-refractivity contribution in [1.82, 2.24) is 10.2 Å². The standard InChI is InChI=1S/C15H30N4.C2H6/c1-11(16)7-8-13(17)19(6)12-9-14(2,3)18-15(4,5)10-12;1-2/h7-8,12,18H,9-10,16-17H2,1-6H3;1-2H3/b11-7-,13-8+;. The highest BCUT2D eigenvalue weighted by molar-refractivity contribution is 5.14. The van der Waals surface area contributed by atoms with Crippen molar-refractivity contribution in [2.45, 2.75) is 78.4 Å². The average molecular weight is 297 g/mol. The third-order valence-corrected chi connectivity index (χ3v) is 3.64. The first-order valence-corrected chi connectivity index (χ1v) is 7.94. The molecule has 0 atom stereocenters. The molecule has 1 saturated heterocycles. The van der Waals surface area contributed by atoms with Crippen molar-refractivity contribution in [3.05, 3.63) is 23.7 Å². The minimum atomic E-state index is 0.126. The zero-order chi connectivity index (χ0) is 16.8. The van der Waals surface area contributed by atoms with Gasteiger partial charge in [-0.05, 0) is 59.6 Å². The molecule has 1 rings (SSSR count). The smallest absolute Gasteiger partial charge is 0.0986 e. The van der Waals surface area contributed by atoms with E-state index in [1.807, 2.05) is 32.9 Å². The minimum absolute atomic E-state index is 0.126. The van der Waals surface area contributed by atoms with Gasteiger partial charge in [0.1, 0.15) is 0 Å². The second kappa shape index (κ2) is 7.74. The molecule has 0 aromatic carbocycles. The first-order valence-electron chi connectivity index (χ1n) is 7.94. The minimum Gasteiger partial charge on any atom is -0.402 e. The Morgan fingerprint density at radius 3 is 1.86 bits per heavy atom. The number of piperidine rings is 1. The Kier molecular flexibility index (Phi) is 7.31. The van der Waals surface area contributed by atoms with Crippen LogP contribution in [0.1, 0.15) is 61.3 Å². The van der Waals surface area contributed by atoms with E-state index >= 15 is 0 Å². The van der Waals surface area contributed by atoms with Gasteiger partial charge in [0, 0.05) is 29.9 Å². The summed E-state index contributed by atoms with van der Waals surface area (Å²) in [6, 6.07) is 0.439. The van der Waals surface area contributed by atoms with Gasteiger partial charge >= 0.3 is 0 Å². The van der Waals surface area contributed by atoms with Crippen molar-refractivity contribution in [2.24, 2.45) is 11.5 Å². The van der Waals surface area contributed by atoms with E-state index in [4.69, 9.17) is 11.5 Å². The Bertz CT molecular complexity index is 360. The summed E-state index contributed by atoms with van der Waals surface area (Å²) >= 11 is 0. The van der Waals surface area contributed by atoms with Crippen molar-refractivity contribution in [3.8, 4) is 0 Å². The van der Waals surface area contributed by atoms with Gasteiger partial charge in [0.15, 0.2) is 0 Å². The largest absolute Gasteiger partial charge is 0.402 e. The van der Waals surface area contributed by atoms with Crippen LogP contribution in [0.3, 0.4) is 0 Å². The monoisotopic (exact) mass is 296 g/mol. The summed E-state index contributed by atoms with van der Waals surface area (Å²) in [7, 11) is 2.06. The van der Waals surface area contributed by atoms with Crippen LogP contribution in [0.25, 0.3) is 0 Å². The number of rotatable bonds is 3. The maximum atomic E-state index is 6.14. The molecule has 1 aliphatic rings. The van der Waals surface area contributed by atoms with Crippen LogP contribution in [-0.2, 0) is 0 Å². The average Bonchev–Trinajstić information content (AvgIpc) is 2.33. The molecule has 0 bridgehead atoms. The van der Waals surface area contributed by atoms with Crippen LogP contribution in [0.4, 0.5) is 0 Å². The molecule has 4 nitrogen and oxygen atoms in total. The van der Waals surface area contributed by atoms with Crippen LogP contribution in [0.2, 0.25) is 0 Å². The maximum absolute atomic E-state index is 6.14. The van der Waals surface area contributed by atoms with Crippen LogP contribution in [0, 0.1) is 0 Å². The molecule has 1 fully saturated rings. The van der Waals surface area contributed by atoms with E-state index in [1.54, 1.807) is 0 Å². The predicted octanol–water partition coefficient (Wildman–Crippen LogP) is 2.92. The van der Waals surface area contributed by atoms with Gasteiger partial charge in [-0.1, -0.05) is 13.8 Å². The van der Waals surface area contributed by atoms with E-state index < -0.39 is 0 Å². The second-order valence-electron chi connectivity index (χ2n) is 7.07. The van der Waals surface area contributed by atoms with Crippen molar-refractivity contribution >= 4 is 0 Å². The lowest BCUT2D eigenvalue weighted by atomic mass is 9.79. The van der Waals surface area contributed by atoms with Gasteiger partial charge in [0.05, 0.1) is 5.82 Å². The summed E-state index contributed by atoms with van der Waals surface area (Å²) in [5.74, 6) is 0.767. The number of hydrogen-bond acceptors (Lipinski definition) is 4. The Labute approximate surface area is 131 Å². The van der Waals surface area contributed by atoms with E-state index in [2.05, 4.69) is 45.0 Å². The van der Waals surface area contributed by atoms with Gasteiger partial charge in [0.25, 0.3) is 0 Å². The Morgan fingerprint density at radius 1 is 1.05 bits per heavy atom. The molecule has 0 saturated carbocycles. The zero-order valence-electron chi connectivity index (χ0n) is 15.2. The first-order chi connectivity index (χ1) is 9.52. The van der Waals surface area contributed by atoms with Crippen molar-refractivity contribution < 1.29 is 0 Å². The topological polar surface area (TPSA) is 67.3 Å².